The van der Waals surface area contributed by atoms with Crippen LogP contribution in [-0.2, 0) is 34.3 Å². The van der Waals surface area contributed by atoms with E-state index in [0.29, 0.717) is 61.2 Å². The fourth-order valence-electron chi connectivity index (χ4n) is 7.42. The highest BCUT2D eigenvalue weighted by atomic mass is 19.3. The quantitative estimate of drug-likeness (QED) is 0.0579. The topological polar surface area (TPSA) is 192 Å². The number of halogens is 2. The number of nitrogens with one attached hydrogen (secondary N) is 4. The highest BCUT2D eigenvalue weighted by Crippen LogP contribution is 2.31. The molecule has 0 radical (unpaired) electrons. The molecule has 1 unspecified atom stereocenters. The summed E-state index contributed by atoms with van der Waals surface area (Å²) >= 11 is 0. The first-order valence-electron chi connectivity index (χ1n) is 20.4. The number of hydrogen-bond acceptors (Lipinski definition) is 11. The Labute approximate surface area is 348 Å². The van der Waals surface area contributed by atoms with E-state index in [1.54, 1.807) is 42.1 Å². The van der Waals surface area contributed by atoms with Gasteiger partial charge < -0.3 is 25.1 Å². The number of amides is 3. The summed E-state index contributed by atoms with van der Waals surface area (Å²) in [6.45, 7) is 3.23. The van der Waals surface area contributed by atoms with Crippen LogP contribution in [0, 0.1) is 5.92 Å². The summed E-state index contributed by atoms with van der Waals surface area (Å²) in [4.78, 5) is 59.1. The summed E-state index contributed by atoms with van der Waals surface area (Å²) in [7, 11) is 1.70. The van der Waals surface area contributed by atoms with Crippen LogP contribution in [0.4, 0.5) is 20.3 Å². The number of aryl methyl sites for hydroxylation is 2. The molecule has 2 aromatic carbocycles. The zero-order chi connectivity index (χ0) is 42.5. The minimum absolute atomic E-state index is 0.0721. The number of hydrogen-bond donors (Lipinski definition) is 4. The third-order valence-corrected chi connectivity index (χ3v) is 10.8. The van der Waals surface area contributed by atoms with Crippen molar-refractivity contribution in [3.05, 3.63) is 106 Å². The van der Waals surface area contributed by atoms with Crippen molar-refractivity contribution < 1.29 is 32.3 Å². The summed E-state index contributed by atoms with van der Waals surface area (Å²) in [5.74, 6) is 0.0344. The van der Waals surface area contributed by atoms with Gasteiger partial charge in [0.05, 0.1) is 28.6 Å². The second kappa shape index (κ2) is 18.4. The molecule has 2 aliphatic rings. The monoisotopic (exact) mass is 836 g/mol. The Morgan fingerprint density at radius 3 is 2.66 bits per heavy atom. The number of imidazole rings is 1. The number of carbonyl (C=O) groups is 3. The minimum atomic E-state index is -2.94. The number of carbonyl (C=O) groups excluding carboxylic acids is 3. The van der Waals surface area contributed by atoms with Crippen LogP contribution in [-0.4, -0.2) is 72.9 Å². The lowest BCUT2D eigenvalue weighted by Gasteiger charge is -2.21. The van der Waals surface area contributed by atoms with Crippen molar-refractivity contribution in [3.63, 3.8) is 0 Å². The highest BCUT2D eigenvalue weighted by molar-refractivity contribution is 6.03. The van der Waals surface area contributed by atoms with E-state index in [0.717, 1.165) is 36.0 Å². The van der Waals surface area contributed by atoms with Crippen LogP contribution in [0.1, 0.15) is 78.3 Å². The van der Waals surface area contributed by atoms with E-state index in [4.69, 9.17) is 9.15 Å². The minimum Gasteiger partial charge on any atom is -0.444 e. The number of ether oxygens (including phenoxy) is 1. The number of pyridine rings is 1. The number of piperidine rings is 1. The molecule has 1 aliphatic carbocycles. The maximum atomic E-state index is 14.0. The van der Waals surface area contributed by atoms with E-state index < -0.39 is 30.0 Å². The summed E-state index contributed by atoms with van der Waals surface area (Å²) in [5, 5.41) is 15.6. The molecule has 4 N–H and O–H groups in total. The molecule has 8 rings (SSSR count). The van der Waals surface area contributed by atoms with E-state index in [1.165, 1.54) is 34.6 Å². The van der Waals surface area contributed by atoms with Gasteiger partial charge in [0, 0.05) is 51.5 Å². The molecule has 6 aromatic rings. The predicted molar refractivity (Wildman–Crippen MR) is 221 cm³/mol. The van der Waals surface area contributed by atoms with Crippen LogP contribution in [0.25, 0.3) is 28.2 Å². The van der Waals surface area contributed by atoms with Crippen LogP contribution in [0.15, 0.2) is 82.5 Å². The third kappa shape index (κ3) is 9.60. The van der Waals surface area contributed by atoms with Gasteiger partial charge in [-0.05, 0) is 92.4 Å². The lowest BCUT2D eigenvalue weighted by Crippen LogP contribution is -2.44. The van der Waals surface area contributed by atoms with Crippen molar-refractivity contribution in [1.82, 2.24) is 39.5 Å². The van der Waals surface area contributed by atoms with Crippen molar-refractivity contribution in [1.29, 1.82) is 0 Å². The fraction of sp³-hybridized carbons (Fsp3) is 0.372. The molecule has 4 aromatic heterocycles. The number of alkyl halides is 2. The van der Waals surface area contributed by atoms with Crippen molar-refractivity contribution in [2.45, 2.75) is 64.0 Å². The number of aromatic nitrogens is 6. The van der Waals surface area contributed by atoms with Gasteiger partial charge in [-0.3, -0.25) is 28.8 Å². The molecular formula is C43H46F2N10O6. The van der Waals surface area contributed by atoms with Crippen LogP contribution in [0.2, 0.25) is 0 Å². The molecule has 18 heteroatoms. The Morgan fingerprint density at radius 2 is 1.87 bits per heavy atom. The van der Waals surface area contributed by atoms with Crippen LogP contribution in [0.5, 0.6) is 0 Å². The van der Waals surface area contributed by atoms with Gasteiger partial charge in [0.25, 0.3) is 12.3 Å². The fourth-order valence-corrected chi connectivity index (χ4v) is 7.42. The molecule has 0 spiro atoms. The van der Waals surface area contributed by atoms with Crippen molar-refractivity contribution >= 4 is 40.3 Å². The average Bonchev–Trinajstić information content (AvgIpc) is 3.66. The van der Waals surface area contributed by atoms with E-state index in [-0.39, 0.29) is 41.7 Å². The van der Waals surface area contributed by atoms with Gasteiger partial charge in [0.15, 0.2) is 11.4 Å². The van der Waals surface area contributed by atoms with Gasteiger partial charge >= 0.3 is 5.69 Å². The molecule has 5 heterocycles. The number of fused-ring (bicyclic) bond motifs is 1. The predicted octanol–water partition coefficient (Wildman–Crippen LogP) is 5.69. The Kier molecular flexibility index (Phi) is 12.4. The Hall–Kier alpha value is -6.53. The Bertz CT molecular complexity index is 2590. The van der Waals surface area contributed by atoms with Crippen LogP contribution < -0.4 is 27.0 Å². The van der Waals surface area contributed by atoms with E-state index in [9.17, 15) is 28.0 Å². The lowest BCUT2D eigenvalue weighted by atomic mass is 10.0. The Balaban J connectivity index is 0.773. The molecule has 1 saturated heterocycles. The zero-order valence-corrected chi connectivity index (χ0v) is 33.5. The summed E-state index contributed by atoms with van der Waals surface area (Å²) < 4.78 is 43.9. The first kappa shape index (κ1) is 41.2. The molecule has 1 aliphatic heterocycles. The maximum Gasteiger partial charge on any atom is 0.329 e. The van der Waals surface area contributed by atoms with Crippen molar-refractivity contribution in [2.24, 2.45) is 13.0 Å². The third-order valence-electron chi connectivity index (χ3n) is 10.8. The number of imide groups is 1. The van der Waals surface area contributed by atoms with E-state index in [2.05, 4.69) is 36.3 Å². The maximum absolute atomic E-state index is 14.0. The highest BCUT2D eigenvalue weighted by Gasteiger charge is 2.32. The van der Waals surface area contributed by atoms with E-state index >= 15 is 0 Å². The number of para-hydroxylation sites is 1. The molecule has 1 saturated carbocycles. The number of anilines is 2. The van der Waals surface area contributed by atoms with Gasteiger partial charge in [0.2, 0.25) is 17.7 Å². The van der Waals surface area contributed by atoms with Crippen LogP contribution in [0.3, 0.4) is 0 Å². The molecule has 318 valence electrons. The van der Waals surface area contributed by atoms with Crippen molar-refractivity contribution in [3.8, 4) is 17.1 Å². The van der Waals surface area contributed by atoms with Gasteiger partial charge in [-0.1, -0.05) is 24.3 Å². The molecule has 16 nitrogen and oxygen atoms in total. The van der Waals surface area contributed by atoms with Crippen molar-refractivity contribution in [2.75, 3.05) is 36.9 Å². The summed E-state index contributed by atoms with van der Waals surface area (Å²) in [6, 6.07) is 15.7. The smallest absolute Gasteiger partial charge is 0.329 e. The second-order valence-corrected chi connectivity index (χ2v) is 15.3. The van der Waals surface area contributed by atoms with Gasteiger partial charge in [-0.25, -0.2) is 28.2 Å². The number of rotatable bonds is 19. The molecule has 61 heavy (non-hydrogen) atoms. The summed E-state index contributed by atoms with van der Waals surface area (Å²) in [5.41, 5.74) is 3.50. The van der Waals surface area contributed by atoms with E-state index in [1.807, 2.05) is 30.3 Å². The standard InChI is InChI=1S/C43H46F2N10O6/c1-53-38-28(5-2-7-33(38)55(43(53)59)34-14-15-36(56)51-41(34)58)6-3-19-60-20-4-17-46-22-26-10-12-30(13-11-26)54-24-31(37(52-54)39(44)45)49-40(57)32-25-61-42(50-32)29-16-18-47-35(21-29)48-23-27-8-9-27/h2,5,7,10-13,16,18,21,24-25,27,34,39,46H,3-4,6,8-9,14-15,17,19-20,22-23H2,1H3,(H,47,48)(H,49,57)(H,51,56,58). The largest absolute Gasteiger partial charge is 0.444 e. The first-order valence-corrected chi connectivity index (χ1v) is 20.4. The number of oxazole rings is 1. The molecule has 1 atom stereocenters. The first-order chi connectivity index (χ1) is 29.6. The van der Waals surface area contributed by atoms with Gasteiger partial charge in [0.1, 0.15) is 18.1 Å². The molecule has 3 amide bonds. The SMILES string of the molecule is Cn1c(=O)n(C2CCC(=O)NC2=O)c2cccc(CCCOCCCNCc3ccc(-n4cc(NC(=O)c5coc(-c6ccnc(NCC7CC7)c6)n5)c(C(F)F)n4)cc3)c21. The summed E-state index contributed by atoms with van der Waals surface area (Å²) in [6.07, 6.45) is 6.30. The zero-order valence-electron chi connectivity index (χ0n) is 33.5. The number of benzene rings is 2. The van der Waals surface area contributed by atoms with Gasteiger partial charge in [-0.15, -0.1) is 0 Å². The lowest BCUT2D eigenvalue weighted by molar-refractivity contribution is -0.135. The number of nitrogens with zero attached hydrogens (tertiary/aromatic N) is 6. The van der Waals surface area contributed by atoms with Gasteiger partial charge in [-0.2, -0.15) is 5.10 Å². The molecule has 2 fully saturated rings. The molecule has 0 bridgehead atoms. The van der Waals surface area contributed by atoms with Crippen LogP contribution >= 0.6 is 0 Å². The normalized spacial score (nSPS) is 15.4. The second-order valence-electron chi connectivity index (χ2n) is 15.3. The Morgan fingerprint density at radius 1 is 1.05 bits per heavy atom. The molecular weight excluding hydrogens is 791 g/mol. The average molecular weight is 837 g/mol.